The molecule has 0 spiro atoms. The summed E-state index contributed by atoms with van der Waals surface area (Å²) in [4.78, 5) is 29.3. The van der Waals surface area contributed by atoms with Crippen LogP contribution in [0.4, 0.5) is 5.69 Å². The number of carbonyl (C=O) groups excluding carboxylic acids is 1. The summed E-state index contributed by atoms with van der Waals surface area (Å²) in [5.41, 5.74) is 2.72. The number of aryl methyl sites for hydroxylation is 1. The van der Waals surface area contributed by atoms with Gasteiger partial charge in [0.1, 0.15) is 12.3 Å². The maximum absolute atomic E-state index is 12.6. The van der Waals surface area contributed by atoms with Crippen LogP contribution in [-0.2, 0) is 11.3 Å². The highest BCUT2D eigenvalue weighted by molar-refractivity contribution is 5.92. The Hall–Kier alpha value is -4.20. The number of nitrogens with one attached hydrogen (secondary N) is 1. The molecule has 0 saturated heterocycles. The molecule has 2 aromatic heterocycles. The van der Waals surface area contributed by atoms with Crippen molar-refractivity contribution in [2.24, 2.45) is 0 Å². The van der Waals surface area contributed by atoms with Crippen molar-refractivity contribution in [3.63, 3.8) is 0 Å². The average molecular weight is 430 g/mol. The molecular weight excluding hydrogens is 408 g/mol. The van der Waals surface area contributed by atoms with E-state index in [2.05, 4.69) is 15.5 Å². The predicted molar refractivity (Wildman–Crippen MR) is 120 cm³/mol. The second kappa shape index (κ2) is 9.30. The van der Waals surface area contributed by atoms with Crippen LogP contribution in [0.25, 0.3) is 22.8 Å². The van der Waals surface area contributed by atoms with E-state index in [0.29, 0.717) is 29.4 Å². The minimum Gasteiger partial charge on any atom is -0.492 e. The van der Waals surface area contributed by atoms with E-state index in [1.54, 1.807) is 24.3 Å². The van der Waals surface area contributed by atoms with Gasteiger partial charge >= 0.3 is 0 Å². The van der Waals surface area contributed by atoms with Gasteiger partial charge in [0.05, 0.1) is 17.9 Å². The summed E-state index contributed by atoms with van der Waals surface area (Å²) in [5.74, 6) is 0.917. The topological polar surface area (TPSA) is 99.2 Å². The van der Waals surface area contributed by atoms with Crippen molar-refractivity contribution in [3.8, 4) is 28.6 Å². The fourth-order valence-corrected chi connectivity index (χ4v) is 3.14. The highest BCUT2D eigenvalue weighted by atomic mass is 16.5. The molecule has 1 N–H and O–H groups in total. The molecule has 32 heavy (non-hydrogen) atoms. The number of benzene rings is 2. The van der Waals surface area contributed by atoms with E-state index in [1.165, 1.54) is 16.8 Å². The standard InChI is InChI=1S/C24H22N4O4/c1-3-31-20-7-5-4-6-19(20)25-21(29)15-28-14-18(12-13-22(28)30)24-26-23(27-32-24)17-10-8-16(2)9-11-17/h4-14H,3,15H2,1-2H3,(H,25,29). The van der Waals surface area contributed by atoms with E-state index in [0.717, 1.165) is 11.1 Å². The molecule has 0 aliphatic heterocycles. The first kappa shape index (κ1) is 21.0. The van der Waals surface area contributed by atoms with Crippen molar-refractivity contribution in [3.05, 3.63) is 82.8 Å². The second-order valence-electron chi connectivity index (χ2n) is 7.15. The van der Waals surface area contributed by atoms with Gasteiger partial charge in [0.2, 0.25) is 11.7 Å². The summed E-state index contributed by atoms with van der Waals surface area (Å²) in [6.45, 7) is 4.17. The minimum absolute atomic E-state index is 0.175. The average Bonchev–Trinajstić information content (AvgIpc) is 3.27. The van der Waals surface area contributed by atoms with E-state index >= 15 is 0 Å². The van der Waals surface area contributed by atoms with Crippen molar-refractivity contribution >= 4 is 11.6 Å². The lowest BCUT2D eigenvalue weighted by molar-refractivity contribution is -0.116. The SMILES string of the molecule is CCOc1ccccc1NC(=O)Cn1cc(-c2nc(-c3ccc(C)cc3)no2)ccc1=O. The third-order valence-electron chi connectivity index (χ3n) is 4.74. The Kier molecular flexibility index (Phi) is 6.12. The van der Waals surface area contributed by atoms with Crippen molar-refractivity contribution < 1.29 is 14.1 Å². The van der Waals surface area contributed by atoms with E-state index in [4.69, 9.17) is 9.26 Å². The number of amides is 1. The number of anilines is 1. The van der Waals surface area contributed by atoms with Crippen LogP contribution in [-0.4, -0.2) is 27.2 Å². The van der Waals surface area contributed by atoms with Gasteiger partial charge in [-0.2, -0.15) is 4.98 Å². The quantitative estimate of drug-likeness (QED) is 0.477. The first-order valence-electron chi connectivity index (χ1n) is 10.2. The molecule has 8 heteroatoms. The van der Waals surface area contributed by atoms with Gasteiger partial charge < -0.3 is 19.1 Å². The van der Waals surface area contributed by atoms with Crippen LogP contribution in [0, 0.1) is 6.92 Å². The molecule has 0 bridgehead atoms. The Morgan fingerprint density at radius 1 is 1.06 bits per heavy atom. The minimum atomic E-state index is -0.359. The third-order valence-corrected chi connectivity index (χ3v) is 4.74. The lowest BCUT2D eigenvalue weighted by Gasteiger charge is -2.12. The number of hydrogen-bond donors (Lipinski definition) is 1. The number of ether oxygens (including phenoxy) is 1. The number of hydrogen-bond acceptors (Lipinski definition) is 6. The van der Waals surface area contributed by atoms with Crippen LogP contribution >= 0.6 is 0 Å². The molecule has 2 aromatic carbocycles. The molecular formula is C24H22N4O4. The van der Waals surface area contributed by atoms with Gasteiger partial charge in [-0.15, -0.1) is 0 Å². The van der Waals surface area contributed by atoms with Crippen LogP contribution < -0.4 is 15.6 Å². The summed E-state index contributed by atoms with van der Waals surface area (Å²) in [7, 11) is 0. The summed E-state index contributed by atoms with van der Waals surface area (Å²) in [5, 5.41) is 6.81. The van der Waals surface area contributed by atoms with Gasteiger partial charge in [-0.1, -0.05) is 47.1 Å². The fourth-order valence-electron chi connectivity index (χ4n) is 3.14. The van der Waals surface area contributed by atoms with Crippen molar-refractivity contribution in [2.45, 2.75) is 20.4 Å². The maximum atomic E-state index is 12.6. The zero-order valence-corrected chi connectivity index (χ0v) is 17.7. The number of aromatic nitrogens is 3. The number of carbonyl (C=O) groups is 1. The summed E-state index contributed by atoms with van der Waals surface area (Å²) in [6, 6.07) is 17.8. The molecule has 0 saturated carbocycles. The smallest absolute Gasteiger partial charge is 0.259 e. The molecule has 4 rings (SSSR count). The van der Waals surface area contributed by atoms with Gasteiger partial charge in [-0.25, -0.2) is 0 Å². The van der Waals surface area contributed by atoms with E-state index in [-0.39, 0.29) is 23.9 Å². The maximum Gasteiger partial charge on any atom is 0.259 e. The number of nitrogens with zero attached hydrogens (tertiary/aromatic N) is 3. The van der Waals surface area contributed by atoms with Crippen LogP contribution in [0.3, 0.4) is 0 Å². The molecule has 1 amide bonds. The summed E-state index contributed by atoms with van der Waals surface area (Å²) >= 11 is 0. The highest BCUT2D eigenvalue weighted by Gasteiger charge is 2.14. The predicted octanol–water partition coefficient (Wildman–Crippen LogP) is 3.91. The molecule has 0 fully saturated rings. The Bertz CT molecular complexity index is 1290. The van der Waals surface area contributed by atoms with Crippen molar-refractivity contribution in [1.29, 1.82) is 0 Å². The largest absolute Gasteiger partial charge is 0.492 e. The van der Waals surface area contributed by atoms with Gasteiger partial charge in [0.25, 0.3) is 11.4 Å². The third kappa shape index (κ3) is 4.75. The monoisotopic (exact) mass is 430 g/mol. The van der Waals surface area contributed by atoms with E-state index < -0.39 is 0 Å². The molecule has 0 unspecified atom stereocenters. The molecule has 2 heterocycles. The molecule has 162 valence electrons. The zero-order chi connectivity index (χ0) is 22.5. The molecule has 0 aliphatic rings. The molecule has 0 aliphatic carbocycles. The Labute approximate surface area is 184 Å². The lowest BCUT2D eigenvalue weighted by Crippen LogP contribution is -2.27. The number of pyridine rings is 1. The molecule has 4 aromatic rings. The van der Waals surface area contributed by atoms with Gasteiger partial charge in [0.15, 0.2) is 0 Å². The van der Waals surface area contributed by atoms with Crippen LogP contribution in [0.2, 0.25) is 0 Å². The van der Waals surface area contributed by atoms with Gasteiger partial charge in [-0.05, 0) is 32.0 Å². The Balaban J connectivity index is 1.53. The molecule has 0 radical (unpaired) electrons. The first-order chi connectivity index (χ1) is 15.5. The normalized spacial score (nSPS) is 10.7. The van der Waals surface area contributed by atoms with E-state index in [1.807, 2.05) is 44.2 Å². The van der Waals surface area contributed by atoms with Crippen molar-refractivity contribution in [1.82, 2.24) is 14.7 Å². The molecule has 0 atom stereocenters. The summed E-state index contributed by atoms with van der Waals surface area (Å²) < 4.78 is 12.2. The van der Waals surface area contributed by atoms with Crippen LogP contribution in [0.15, 0.2) is 76.2 Å². The molecule has 8 nitrogen and oxygen atoms in total. The van der Waals surface area contributed by atoms with Gasteiger partial charge in [-0.3, -0.25) is 9.59 Å². The van der Waals surface area contributed by atoms with Gasteiger partial charge in [0, 0.05) is 17.8 Å². The first-order valence-corrected chi connectivity index (χ1v) is 10.2. The van der Waals surface area contributed by atoms with E-state index in [9.17, 15) is 9.59 Å². The lowest BCUT2D eigenvalue weighted by atomic mass is 10.1. The zero-order valence-electron chi connectivity index (χ0n) is 17.7. The number of rotatable bonds is 7. The second-order valence-corrected chi connectivity index (χ2v) is 7.15. The van der Waals surface area contributed by atoms with Crippen LogP contribution in [0.5, 0.6) is 5.75 Å². The Morgan fingerprint density at radius 2 is 1.81 bits per heavy atom. The fraction of sp³-hybridized carbons (Fsp3) is 0.167. The van der Waals surface area contributed by atoms with Crippen molar-refractivity contribution in [2.75, 3.05) is 11.9 Å². The number of para-hydroxylation sites is 2. The Morgan fingerprint density at radius 3 is 2.59 bits per heavy atom. The highest BCUT2D eigenvalue weighted by Crippen LogP contribution is 2.24. The summed E-state index contributed by atoms with van der Waals surface area (Å²) in [6.07, 6.45) is 1.53. The van der Waals surface area contributed by atoms with Crippen LogP contribution in [0.1, 0.15) is 12.5 Å².